The van der Waals surface area contributed by atoms with Crippen molar-refractivity contribution in [1.82, 2.24) is 13.9 Å². The van der Waals surface area contributed by atoms with Crippen LogP contribution >= 0.6 is 11.6 Å². The third-order valence-corrected chi connectivity index (χ3v) is 6.56. The van der Waals surface area contributed by atoms with Crippen molar-refractivity contribution in [2.45, 2.75) is 11.4 Å². The molecule has 6 nitrogen and oxygen atoms in total. The quantitative estimate of drug-likeness (QED) is 0.640. The van der Waals surface area contributed by atoms with E-state index >= 15 is 0 Å². The van der Waals surface area contributed by atoms with E-state index in [4.69, 9.17) is 16.3 Å². The van der Waals surface area contributed by atoms with Gasteiger partial charge in [0.15, 0.2) is 0 Å². The topological polar surface area (TPSA) is 64.4 Å². The Balaban J connectivity index is 1.88. The summed E-state index contributed by atoms with van der Waals surface area (Å²) >= 11 is 6.23. The fraction of sp³-hybridized carbons (Fsp3) is 0.278. The van der Waals surface area contributed by atoms with E-state index < -0.39 is 10.0 Å². The van der Waals surface area contributed by atoms with Crippen LogP contribution in [0.5, 0.6) is 0 Å². The van der Waals surface area contributed by atoms with E-state index in [0.29, 0.717) is 41.5 Å². The third kappa shape index (κ3) is 3.12. The van der Waals surface area contributed by atoms with Crippen molar-refractivity contribution in [3.63, 3.8) is 0 Å². The molecule has 0 aliphatic carbocycles. The minimum Gasteiger partial charge on any atom is -0.379 e. The molecule has 1 aromatic carbocycles. The van der Waals surface area contributed by atoms with Crippen molar-refractivity contribution in [2.24, 2.45) is 0 Å². The number of rotatable bonds is 4. The first kappa shape index (κ1) is 17.5. The lowest BCUT2D eigenvalue weighted by Crippen LogP contribution is -2.36. The SMILES string of the molecule is O=S(=O)(c1ccccc1)n1c(CN2CCOCC2)cc2c(Cl)nccc21. The maximum Gasteiger partial charge on any atom is 0.268 e. The van der Waals surface area contributed by atoms with Crippen molar-refractivity contribution in [3.05, 3.63) is 59.5 Å². The minimum atomic E-state index is -3.75. The van der Waals surface area contributed by atoms with Crippen molar-refractivity contribution in [3.8, 4) is 0 Å². The zero-order valence-electron chi connectivity index (χ0n) is 14.0. The Hall–Kier alpha value is -1.93. The van der Waals surface area contributed by atoms with Gasteiger partial charge in [0.2, 0.25) is 0 Å². The van der Waals surface area contributed by atoms with Crippen LogP contribution in [0, 0.1) is 0 Å². The lowest BCUT2D eigenvalue weighted by molar-refractivity contribution is 0.0336. The third-order valence-electron chi connectivity index (χ3n) is 4.48. The molecule has 1 saturated heterocycles. The molecule has 2 aromatic heterocycles. The van der Waals surface area contributed by atoms with Gasteiger partial charge >= 0.3 is 0 Å². The summed E-state index contributed by atoms with van der Waals surface area (Å²) in [4.78, 5) is 6.51. The van der Waals surface area contributed by atoms with Crippen LogP contribution in [-0.2, 0) is 21.3 Å². The van der Waals surface area contributed by atoms with Crippen LogP contribution in [0.15, 0.2) is 53.6 Å². The smallest absolute Gasteiger partial charge is 0.268 e. The van der Waals surface area contributed by atoms with E-state index in [1.807, 2.05) is 6.07 Å². The van der Waals surface area contributed by atoms with Crippen molar-refractivity contribution in [1.29, 1.82) is 0 Å². The first-order valence-electron chi connectivity index (χ1n) is 8.33. The van der Waals surface area contributed by atoms with Gasteiger partial charge in [0.25, 0.3) is 10.0 Å². The average Bonchev–Trinajstić information content (AvgIpc) is 3.03. The molecule has 0 bridgehead atoms. The monoisotopic (exact) mass is 391 g/mol. The average molecular weight is 392 g/mol. The molecule has 3 heterocycles. The summed E-state index contributed by atoms with van der Waals surface area (Å²) in [6.45, 7) is 3.32. The Morgan fingerprint density at radius 1 is 1.12 bits per heavy atom. The molecule has 0 unspecified atom stereocenters. The molecule has 8 heteroatoms. The molecular weight excluding hydrogens is 374 g/mol. The highest BCUT2D eigenvalue weighted by atomic mass is 35.5. The molecule has 4 rings (SSSR count). The van der Waals surface area contributed by atoms with Crippen LogP contribution in [0.1, 0.15) is 5.69 Å². The van der Waals surface area contributed by atoms with Gasteiger partial charge in [-0.3, -0.25) is 4.90 Å². The zero-order valence-corrected chi connectivity index (χ0v) is 15.6. The van der Waals surface area contributed by atoms with Gasteiger partial charge in [0.1, 0.15) is 5.15 Å². The summed E-state index contributed by atoms with van der Waals surface area (Å²) in [6, 6.07) is 11.9. The van der Waals surface area contributed by atoms with Gasteiger partial charge in [-0.05, 0) is 24.3 Å². The van der Waals surface area contributed by atoms with E-state index in [1.165, 1.54) is 10.2 Å². The summed E-state index contributed by atoms with van der Waals surface area (Å²) in [5, 5.41) is 0.935. The van der Waals surface area contributed by atoms with Crippen molar-refractivity contribution < 1.29 is 13.2 Å². The molecule has 0 amide bonds. The molecule has 0 saturated carbocycles. The van der Waals surface area contributed by atoms with E-state index in [2.05, 4.69) is 9.88 Å². The molecule has 0 N–H and O–H groups in total. The number of morpholine rings is 1. The molecule has 1 fully saturated rings. The summed E-state index contributed by atoms with van der Waals surface area (Å²) in [5.41, 5.74) is 1.21. The van der Waals surface area contributed by atoms with Crippen molar-refractivity contribution in [2.75, 3.05) is 26.3 Å². The van der Waals surface area contributed by atoms with Gasteiger partial charge in [-0.2, -0.15) is 0 Å². The van der Waals surface area contributed by atoms with Crippen LogP contribution in [0.3, 0.4) is 0 Å². The van der Waals surface area contributed by atoms with Crippen molar-refractivity contribution >= 4 is 32.5 Å². The van der Waals surface area contributed by atoms with Gasteiger partial charge in [0, 0.05) is 36.9 Å². The molecular formula is C18H18ClN3O3S. The van der Waals surface area contributed by atoms with E-state index in [9.17, 15) is 8.42 Å². The molecule has 1 aliphatic rings. The Labute approximate surface area is 157 Å². The molecule has 1 aliphatic heterocycles. The van der Waals surface area contributed by atoms with Gasteiger partial charge in [0.05, 0.1) is 23.6 Å². The van der Waals surface area contributed by atoms with E-state index in [-0.39, 0.29) is 4.90 Å². The number of ether oxygens (including phenoxy) is 1. The fourth-order valence-electron chi connectivity index (χ4n) is 3.21. The summed E-state index contributed by atoms with van der Waals surface area (Å²) < 4.78 is 33.5. The normalized spacial score (nSPS) is 16.2. The molecule has 0 radical (unpaired) electrons. The predicted octanol–water partition coefficient (Wildman–Crippen LogP) is 2.76. The number of benzene rings is 1. The van der Waals surface area contributed by atoms with Crippen LogP contribution < -0.4 is 0 Å². The summed E-state index contributed by atoms with van der Waals surface area (Å²) in [7, 11) is -3.75. The number of hydrogen-bond donors (Lipinski definition) is 0. The Kier molecular flexibility index (Phi) is 4.71. The lowest BCUT2D eigenvalue weighted by atomic mass is 10.3. The van der Waals surface area contributed by atoms with Gasteiger partial charge in [-0.15, -0.1) is 0 Å². The van der Waals surface area contributed by atoms with E-state index in [0.717, 1.165) is 13.1 Å². The number of aromatic nitrogens is 2. The van der Waals surface area contributed by atoms with Crippen LogP contribution in [0.4, 0.5) is 0 Å². The minimum absolute atomic E-state index is 0.244. The number of pyridine rings is 1. The van der Waals surface area contributed by atoms with Crippen LogP contribution in [0.25, 0.3) is 10.9 Å². The zero-order chi connectivity index (χ0) is 18.1. The maximum atomic E-state index is 13.3. The molecule has 0 spiro atoms. The van der Waals surface area contributed by atoms with Gasteiger partial charge < -0.3 is 4.74 Å². The Bertz CT molecular complexity index is 1030. The Morgan fingerprint density at radius 2 is 1.85 bits per heavy atom. The fourth-order valence-corrected chi connectivity index (χ4v) is 4.97. The number of nitrogens with zero attached hydrogens (tertiary/aromatic N) is 3. The molecule has 3 aromatic rings. The standard InChI is InChI=1S/C18H18ClN3O3S/c19-18-16-12-14(13-21-8-10-25-11-9-21)22(17(16)6-7-20-18)26(23,24)15-4-2-1-3-5-15/h1-7,12H,8-11,13H2. The largest absolute Gasteiger partial charge is 0.379 e. The number of hydrogen-bond acceptors (Lipinski definition) is 5. The first-order valence-corrected chi connectivity index (χ1v) is 10.1. The highest BCUT2D eigenvalue weighted by Crippen LogP contribution is 2.30. The highest BCUT2D eigenvalue weighted by Gasteiger charge is 2.25. The van der Waals surface area contributed by atoms with Gasteiger partial charge in [-0.1, -0.05) is 29.8 Å². The predicted molar refractivity (Wildman–Crippen MR) is 99.9 cm³/mol. The van der Waals surface area contributed by atoms with Crippen LogP contribution in [-0.4, -0.2) is 48.6 Å². The maximum absolute atomic E-state index is 13.3. The molecule has 26 heavy (non-hydrogen) atoms. The summed E-state index contributed by atoms with van der Waals surface area (Å²) in [5.74, 6) is 0. The highest BCUT2D eigenvalue weighted by molar-refractivity contribution is 7.90. The second-order valence-electron chi connectivity index (χ2n) is 6.14. The lowest BCUT2D eigenvalue weighted by Gasteiger charge is -2.27. The Morgan fingerprint density at radius 3 is 2.58 bits per heavy atom. The second kappa shape index (κ2) is 7.00. The van der Waals surface area contributed by atoms with Crippen LogP contribution in [0.2, 0.25) is 5.15 Å². The molecule has 136 valence electrons. The van der Waals surface area contributed by atoms with E-state index in [1.54, 1.807) is 36.4 Å². The number of fused-ring (bicyclic) bond motifs is 1. The second-order valence-corrected chi connectivity index (χ2v) is 8.29. The summed E-state index contributed by atoms with van der Waals surface area (Å²) in [6.07, 6.45) is 1.53. The first-order chi connectivity index (χ1) is 12.6. The molecule has 0 atom stereocenters. The number of halogens is 1. The van der Waals surface area contributed by atoms with Gasteiger partial charge in [-0.25, -0.2) is 17.4 Å².